The molecular weight excluding hydrogens is 192 g/mol. The van der Waals surface area contributed by atoms with Crippen molar-refractivity contribution in [1.29, 1.82) is 0 Å². The van der Waals surface area contributed by atoms with E-state index in [2.05, 4.69) is 10.2 Å². The molecule has 2 unspecified atom stereocenters. The number of carbonyl (C=O) groups excluding carboxylic acids is 1. The first-order chi connectivity index (χ1) is 7.33. The van der Waals surface area contributed by atoms with Gasteiger partial charge in [0.1, 0.15) is 6.61 Å². The quantitative estimate of drug-likeness (QED) is 0.735. The fraction of sp³-hybridized carbons (Fsp3) is 0.909. The Morgan fingerprint density at radius 2 is 2.20 bits per heavy atom. The maximum atomic E-state index is 11.9. The predicted octanol–water partition coefficient (Wildman–Crippen LogP) is 0.376. The molecule has 4 nitrogen and oxygen atoms in total. The molecule has 0 aromatic carbocycles. The molecule has 0 saturated carbocycles. The second-order valence-corrected chi connectivity index (χ2v) is 4.32. The van der Waals surface area contributed by atoms with Crippen LogP contribution >= 0.6 is 0 Å². The second-order valence-electron chi connectivity index (χ2n) is 4.32. The molecule has 0 aromatic rings. The first-order valence-electron chi connectivity index (χ1n) is 5.92. The van der Waals surface area contributed by atoms with E-state index in [1.165, 1.54) is 6.42 Å². The van der Waals surface area contributed by atoms with Crippen LogP contribution in [0.4, 0.5) is 0 Å². The van der Waals surface area contributed by atoms with Crippen molar-refractivity contribution in [2.45, 2.75) is 38.3 Å². The molecule has 86 valence electrons. The molecule has 2 bridgehead atoms. The zero-order valence-electron chi connectivity index (χ0n) is 9.37. The van der Waals surface area contributed by atoms with E-state index in [0.717, 1.165) is 25.9 Å². The van der Waals surface area contributed by atoms with E-state index in [9.17, 15) is 4.79 Å². The molecule has 2 aliphatic rings. The highest BCUT2D eigenvalue weighted by Gasteiger charge is 2.37. The van der Waals surface area contributed by atoms with E-state index in [1.807, 2.05) is 6.92 Å². The average Bonchev–Trinajstić information content (AvgIpc) is 2.49. The number of ether oxygens (including phenoxy) is 1. The van der Waals surface area contributed by atoms with Crippen LogP contribution in [0.3, 0.4) is 0 Å². The lowest BCUT2D eigenvalue weighted by molar-refractivity contribution is -0.138. The first-order valence-corrected chi connectivity index (χ1v) is 5.92. The molecule has 0 aliphatic carbocycles. The summed E-state index contributed by atoms with van der Waals surface area (Å²) in [7, 11) is 0. The van der Waals surface area contributed by atoms with Gasteiger partial charge in [-0.25, -0.2) is 0 Å². The smallest absolute Gasteiger partial charge is 0.249 e. The standard InChI is InChI=1S/C11H20N2O2/c1-2-15-8-11(14)13-9-3-4-10(13)7-12-6-5-9/h9-10,12H,2-8H2,1H3. The molecule has 1 N–H and O–H groups in total. The summed E-state index contributed by atoms with van der Waals surface area (Å²) < 4.78 is 5.20. The Balaban J connectivity index is 1.97. The lowest BCUT2D eigenvalue weighted by atomic mass is 10.1. The summed E-state index contributed by atoms with van der Waals surface area (Å²) in [5.74, 6) is 0.174. The summed E-state index contributed by atoms with van der Waals surface area (Å²) in [5.41, 5.74) is 0. The van der Waals surface area contributed by atoms with E-state index < -0.39 is 0 Å². The minimum Gasteiger partial charge on any atom is -0.372 e. The highest BCUT2D eigenvalue weighted by molar-refractivity contribution is 5.78. The number of rotatable bonds is 3. The van der Waals surface area contributed by atoms with Gasteiger partial charge >= 0.3 is 0 Å². The van der Waals surface area contributed by atoms with E-state index in [4.69, 9.17) is 4.74 Å². The van der Waals surface area contributed by atoms with Crippen molar-refractivity contribution in [3.63, 3.8) is 0 Å². The van der Waals surface area contributed by atoms with Crippen molar-refractivity contribution in [2.75, 3.05) is 26.3 Å². The predicted molar refractivity (Wildman–Crippen MR) is 57.6 cm³/mol. The number of hydrogen-bond donors (Lipinski definition) is 1. The van der Waals surface area contributed by atoms with E-state index in [-0.39, 0.29) is 12.5 Å². The van der Waals surface area contributed by atoms with Crippen molar-refractivity contribution in [1.82, 2.24) is 10.2 Å². The summed E-state index contributed by atoms with van der Waals surface area (Å²) in [6, 6.07) is 0.864. The molecule has 15 heavy (non-hydrogen) atoms. The number of nitrogens with zero attached hydrogens (tertiary/aromatic N) is 1. The summed E-state index contributed by atoms with van der Waals surface area (Å²) in [4.78, 5) is 14.0. The molecule has 2 saturated heterocycles. The molecular formula is C11H20N2O2. The van der Waals surface area contributed by atoms with Gasteiger partial charge in [0.25, 0.3) is 0 Å². The normalized spacial score (nSPS) is 30.3. The minimum absolute atomic E-state index is 0.174. The maximum Gasteiger partial charge on any atom is 0.249 e. The van der Waals surface area contributed by atoms with Crippen LogP contribution in [0.5, 0.6) is 0 Å². The molecule has 4 heteroatoms. The third-order valence-electron chi connectivity index (χ3n) is 3.37. The lowest BCUT2D eigenvalue weighted by Crippen LogP contribution is -2.44. The first kappa shape index (κ1) is 10.9. The molecule has 2 rings (SSSR count). The van der Waals surface area contributed by atoms with Gasteiger partial charge in [-0.2, -0.15) is 0 Å². The Hall–Kier alpha value is -0.610. The van der Waals surface area contributed by atoms with E-state index >= 15 is 0 Å². The van der Waals surface area contributed by atoms with Gasteiger partial charge in [0.05, 0.1) is 0 Å². The van der Waals surface area contributed by atoms with Crippen LogP contribution in [0.1, 0.15) is 26.2 Å². The fourth-order valence-corrected chi connectivity index (χ4v) is 2.65. The number of hydrogen-bond acceptors (Lipinski definition) is 3. The minimum atomic E-state index is 0.174. The Kier molecular flexibility index (Phi) is 3.59. The van der Waals surface area contributed by atoms with E-state index in [0.29, 0.717) is 18.7 Å². The van der Waals surface area contributed by atoms with Crippen molar-refractivity contribution in [3.8, 4) is 0 Å². The highest BCUT2D eigenvalue weighted by Crippen LogP contribution is 2.27. The molecule has 0 radical (unpaired) electrons. The average molecular weight is 212 g/mol. The number of fused-ring (bicyclic) bond motifs is 2. The van der Waals surface area contributed by atoms with Crippen molar-refractivity contribution < 1.29 is 9.53 Å². The Morgan fingerprint density at radius 3 is 3.00 bits per heavy atom. The molecule has 0 aromatic heterocycles. The van der Waals surface area contributed by atoms with Gasteiger partial charge in [0.15, 0.2) is 0 Å². The third kappa shape index (κ3) is 2.32. The van der Waals surface area contributed by atoms with Crippen molar-refractivity contribution in [3.05, 3.63) is 0 Å². The van der Waals surface area contributed by atoms with E-state index in [1.54, 1.807) is 0 Å². The second kappa shape index (κ2) is 4.94. The van der Waals surface area contributed by atoms with Gasteiger partial charge in [0.2, 0.25) is 5.91 Å². The van der Waals surface area contributed by atoms with Crippen LogP contribution in [-0.4, -0.2) is 49.2 Å². The lowest BCUT2D eigenvalue weighted by Gasteiger charge is -2.27. The summed E-state index contributed by atoms with van der Waals surface area (Å²) in [6.07, 6.45) is 3.41. The van der Waals surface area contributed by atoms with Crippen LogP contribution in [0.15, 0.2) is 0 Å². The van der Waals surface area contributed by atoms with Gasteiger partial charge in [-0.15, -0.1) is 0 Å². The van der Waals surface area contributed by atoms with Gasteiger partial charge in [-0.1, -0.05) is 0 Å². The largest absolute Gasteiger partial charge is 0.372 e. The topological polar surface area (TPSA) is 41.6 Å². The van der Waals surface area contributed by atoms with Crippen LogP contribution in [0.25, 0.3) is 0 Å². The number of nitrogens with one attached hydrogen (secondary N) is 1. The molecule has 2 heterocycles. The number of carbonyl (C=O) groups is 1. The van der Waals surface area contributed by atoms with Crippen molar-refractivity contribution >= 4 is 5.91 Å². The summed E-state index contributed by atoms with van der Waals surface area (Å²) in [5, 5.41) is 3.38. The molecule has 2 aliphatic heterocycles. The molecule has 0 spiro atoms. The zero-order valence-corrected chi connectivity index (χ0v) is 9.37. The van der Waals surface area contributed by atoms with Crippen LogP contribution < -0.4 is 5.32 Å². The van der Waals surface area contributed by atoms with Crippen LogP contribution in [0.2, 0.25) is 0 Å². The Labute approximate surface area is 91.0 Å². The monoisotopic (exact) mass is 212 g/mol. The summed E-state index contributed by atoms with van der Waals surface area (Å²) >= 11 is 0. The zero-order chi connectivity index (χ0) is 10.7. The number of amides is 1. The van der Waals surface area contributed by atoms with Gasteiger partial charge in [0, 0.05) is 25.2 Å². The fourth-order valence-electron chi connectivity index (χ4n) is 2.65. The third-order valence-corrected chi connectivity index (χ3v) is 3.37. The van der Waals surface area contributed by atoms with Crippen LogP contribution in [0, 0.1) is 0 Å². The van der Waals surface area contributed by atoms with Crippen LogP contribution in [-0.2, 0) is 9.53 Å². The van der Waals surface area contributed by atoms with Gasteiger partial charge in [-0.3, -0.25) is 4.79 Å². The molecule has 1 amide bonds. The van der Waals surface area contributed by atoms with Gasteiger partial charge < -0.3 is 15.0 Å². The molecule has 2 fully saturated rings. The summed E-state index contributed by atoms with van der Waals surface area (Å²) in [6.45, 7) is 4.79. The SMILES string of the molecule is CCOCC(=O)N1C2CCNCC1CC2. The maximum absolute atomic E-state index is 11.9. The highest BCUT2D eigenvalue weighted by atomic mass is 16.5. The Bertz CT molecular complexity index is 219. The Morgan fingerprint density at radius 1 is 1.40 bits per heavy atom. The van der Waals surface area contributed by atoms with Gasteiger partial charge in [-0.05, 0) is 32.7 Å². The molecule has 2 atom stereocenters. The van der Waals surface area contributed by atoms with Crippen molar-refractivity contribution in [2.24, 2.45) is 0 Å².